The van der Waals surface area contributed by atoms with E-state index in [1.807, 2.05) is 35.9 Å². The predicted octanol–water partition coefficient (Wildman–Crippen LogP) is 5.55. The van der Waals surface area contributed by atoms with Crippen LogP contribution in [0.4, 0.5) is 0 Å². The summed E-state index contributed by atoms with van der Waals surface area (Å²) >= 11 is 13.4. The molecule has 2 aliphatic rings. The van der Waals surface area contributed by atoms with Crippen LogP contribution in [0.15, 0.2) is 60.0 Å². The first-order chi connectivity index (χ1) is 24.5. The van der Waals surface area contributed by atoms with Crippen LogP contribution < -0.4 is 10.1 Å². The fraction of sp³-hybridized carbons (Fsp3) is 0.444. The number of benzene rings is 2. The number of hydrogen-bond donors (Lipinski definition) is 1. The number of carbonyl (C=O) groups is 2. The Balaban J connectivity index is 1.11. The van der Waals surface area contributed by atoms with Crippen molar-refractivity contribution in [3.63, 3.8) is 0 Å². The maximum absolute atomic E-state index is 14.1. The number of pyridine rings is 1. The number of likely N-dealkylation sites (tertiary alicyclic amines) is 1. The van der Waals surface area contributed by atoms with Gasteiger partial charge in [0, 0.05) is 60.6 Å². The van der Waals surface area contributed by atoms with Crippen LogP contribution >= 0.6 is 23.2 Å². The van der Waals surface area contributed by atoms with Gasteiger partial charge in [-0.25, -0.2) is 18.4 Å². The maximum atomic E-state index is 14.1. The molecule has 1 amide bonds. The van der Waals surface area contributed by atoms with Crippen molar-refractivity contribution in [2.45, 2.75) is 63.5 Å². The summed E-state index contributed by atoms with van der Waals surface area (Å²) in [6.45, 7) is 6.96. The first-order valence-corrected chi connectivity index (χ1v) is 19.4. The molecule has 6 rings (SSSR count). The van der Waals surface area contributed by atoms with E-state index in [1.54, 1.807) is 18.6 Å². The zero-order valence-corrected chi connectivity index (χ0v) is 31.0. The van der Waals surface area contributed by atoms with E-state index >= 15 is 0 Å². The van der Waals surface area contributed by atoms with Crippen LogP contribution in [0.2, 0.25) is 10.0 Å². The van der Waals surface area contributed by atoms with Gasteiger partial charge in [-0.15, -0.1) is 0 Å². The molecule has 2 saturated heterocycles. The van der Waals surface area contributed by atoms with Gasteiger partial charge >= 0.3 is 5.97 Å². The van der Waals surface area contributed by atoms with E-state index in [9.17, 15) is 18.0 Å². The standard InChI is InChI=1S/C36H42Cl2N6O6S/c1-24-20-31(43-18-13-39-23-43)27-6-3-8-32(35(27)41-24)50-22-28-29(37)9-10-33(34(28)38)51(47,48)44-15-4-7-30(44)36(46)40-21-26-11-16-42(17-12-26)14-5-19-49-25(2)45/h3,6,8-10,13,18,20,23,26,30H,4-5,7,11-12,14-17,19,21-22H2,1-2H3,(H,40,46)/t30-/m0/s1. The second-order valence-electron chi connectivity index (χ2n) is 13.0. The van der Waals surface area contributed by atoms with Gasteiger partial charge in [-0.3, -0.25) is 9.59 Å². The summed E-state index contributed by atoms with van der Waals surface area (Å²) in [6, 6.07) is 9.60. The van der Waals surface area contributed by atoms with E-state index in [4.69, 9.17) is 37.7 Å². The molecule has 1 N–H and O–H groups in total. The molecule has 4 aromatic rings. The van der Waals surface area contributed by atoms with Crippen molar-refractivity contribution in [2.75, 3.05) is 39.3 Å². The molecular formula is C36H42Cl2N6O6S. The fourth-order valence-corrected chi connectivity index (χ4v) is 9.34. The number of ether oxygens (including phenoxy) is 2. The molecule has 0 spiro atoms. The summed E-state index contributed by atoms with van der Waals surface area (Å²) < 4.78 is 42.6. The van der Waals surface area contributed by atoms with E-state index in [0.29, 0.717) is 48.7 Å². The van der Waals surface area contributed by atoms with E-state index < -0.39 is 16.1 Å². The number of fused-ring (bicyclic) bond motifs is 1. The van der Waals surface area contributed by atoms with Crippen LogP contribution in [-0.2, 0) is 31.0 Å². The van der Waals surface area contributed by atoms with Gasteiger partial charge in [0.05, 0.1) is 23.6 Å². The molecule has 0 unspecified atom stereocenters. The number of para-hydroxylation sites is 1. The van der Waals surface area contributed by atoms with Crippen molar-refractivity contribution in [1.82, 2.24) is 29.1 Å². The first kappa shape index (κ1) is 37.0. The number of hydrogen-bond acceptors (Lipinski definition) is 9. The molecule has 12 nitrogen and oxygen atoms in total. The summed E-state index contributed by atoms with van der Waals surface area (Å²) in [5.41, 5.74) is 2.62. The zero-order chi connectivity index (χ0) is 36.1. The van der Waals surface area contributed by atoms with Crippen molar-refractivity contribution < 1.29 is 27.5 Å². The van der Waals surface area contributed by atoms with Crippen LogP contribution in [0.5, 0.6) is 5.75 Å². The molecule has 0 radical (unpaired) electrons. The minimum absolute atomic E-state index is 0.0448. The lowest BCUT2D eigenvalue weighted by Crippen LogP contribution is -2.47. The van der Waals surface area contributed by atoms with Crippen molar-refractivity contribution in [3.05, 3.63) is 76.4 Å². The van der Waals surface area contributed by atoms with Crippen molar-refractivity contribution >= 4 is 56.0 Å². The summed E-state index contributed by atoms with van der Waals surface area (Å²) in [4.78, 5) is 35.5. The Morgan fingerprint density at radius 2 is 1.88 bits per heavy atom. The van der Waals surface area contributed by atoms with Crippen LogP contribution in [-0.4, -0.2) is 89.4 Å². The van der Waals surface area contributed by atoms with Gasteiger partial charge in [-0.05, 0) is 82.3 Å². The average Bonchev–Trinajstić information content (AvgIpc) is 3.83. The first-order valence-electron chi connectivity index (χ1n) is 17.2. The number of aromatic nitrogens is 3. The quantitative estimate of drug-likeness (QED) is 0.138. The van der Waals surface area contributed by atoms with Gasteiger partial charge < -0.3 is 24.3 Å². The predicted molar refractivity (Wildman–Crippen MR) is 195 cm³/mol. The number of esters is 1. The molecule has 2 aromatic carbocycles. The largest absolute Gasteiger partial charge is 0.487 e. The molecule has 51 heavy (non-hydrogen) atoms. The number of sulfonamides is 1. The maximum Gasteiger partial charge on any atom is 0.302 e. The summed E-state index contributed by atoms with van der Waals surface area (Å²) in [5, 5.41) is 4.09. The molecule has 2 fully saturated rings. The Morgan fingerprint density at radius 3 is 2.63 bits per heavy atom. The van der Waals surface area contributed by atoms with Gasteiger partial charge in [0.2, 0.25) is 15.9 Å². The van der Waals surface area contributed by atoms with Crippen LogP contribution in [0.25, 0.3) is 16.6 Å². The summed E-state index contributed by atoms with van der Waals surface area (Å²) in [6.07, 6.45) is 8.87. The van der Waals surface area contributed by atoms with Gasteiger partial charge in [0.25, 0.3) is 0 Å². The van der Waals surface area contributed by atoms with Gasteiger partial charge in [-0.2, -0.15) is 4.31 Å². The number of halogens is 2. The van der Waals surface area contributed by atoms with Crippen LogP contribution in [0.1, 0.15) is 50.3 Å². The number of amides is 1. The molecule has 0 aliphatic carbocycles. The van der Waals surface area contributed by atoms with Gasteiger partial charge in [0.1, 0.15) is 28.8 Å². The highest BCUT2D eigenvalue weighted by atomic mass is 35.5. The third-order valence-corrected chi connectivity index (χ3v) is 12.4. The number of rotatable bonds is 13. The molecule has 0 bridgehead atoms. The highest BCUT2D eigenvalue weighted by Crippen LogP contribution is 2.37. The number of nitrogens with one attached hydrogen (secondary N) is 1. The number of nitrogens with zero attached hydrogens (tertiary/aromatic N) is 5. The summed E-state index contributed by atoms with van der Waals surface area (Å²) in [5.74, 6) is 0.217. The van der Waals surface area contributed by atoms with Crippen LogP contribution in [0.3, 0.4) is 0 Å². The SMILES string of the molecule is CC(=O)OCCCN1CCC(CNC(=O)[C@@H]2CCCN2S(=O)(=O)c2ccc(Cl)c(COc3cccc4c(-n5ccnc5)cc(C)nc34)c2Cl)CC1. The second kappa shape index (κ2) is 16.3. The smallest absolute Gasteiger partial charge is 0.302 e. The Bertz CT molecular complexity index is 1990. The number of piperidine rings is 1. The van der Waals surface area contributed by atoms with Crippen LogP contribution in [0, 0.1) is 12.8 Å². The molecule has 4 heterocycles. The molecule has 272 valence electrons. The monoisotopic (exact) mass is 756 g/mol. The topological polar surface area (TPSA) is 136 Å². The zero-order valence-electron chi connectivity index (χ0n) is 28.7. The molecular weight excluding hydrogens is 715 g/mol. The number of imidazole rings is 1. The minimum atomic E-state index is -4.16. The Morgan fingerprint density at radius 1 is 1.08 bits per heavy atom. The molecule has 15 heteroatoms. The molecule has 1 atom stereocenters. The minimum Gasteiger partial charge on any atom is -0.487 e. The number of aryl methyl sites for hydroxylation is 1. The summed E-state index contributed by atoms with van der Waals surface area (Å²) in [7, 11) is -4.16. The normalized spacial score (nSPS) is 17.5. The third kappa shape index (κ3) is 8.49. The Kier molecular flexibility index (Phi) is 11.8. The lowest BCUT2D eigenvalue weighted by Gasteiger charge is -2.32. The van der Waals surface area contributed by atoms with E-state index in [0.717, 1.165) is 55.7 Å². The Labute approximate surface area is 308 Å². The van der Waals surface area contributed by atoms with E-state index in [1.165, 1.54) is 23.4 Å². The second-order valence-corrected chi connectivity index (χ2v) is 15.7. The fourth-order valence-electron chi connectivity index (χ4n) is 6.82. The molecule has 0 saturated carbocycles. The third-order valence-electron chi connectivity index (χ3n) is 9.50. The van der Waals surface area contributed by atoms with Crippen molar-refractivity contribution in [2.24, 2.45) is 5.92 Å². The van der Waals surface area contributed by atoms with Gasteiger partial charge in [0.15, 0.2) is 0 Å². The lowest BCUT2D eigenvalue weighted by molar-refractivity contribution is -0.141. The van der Waals surface area contributed by atoms with E-state index in [2.05, 4.69) is 15.2 Å². The van der Waals surface area contributed by atoms with Crippen molar-refractivity contribution in [3.8, 4) is 11.4 Å². The molecule has 2 aromatic heterocycles. The average molecular weight is 758 g/mol. The lowest BCUT2D eigenvalue weighted by atomic mass is 9.96. The highest BCUT2D eigenvalue weighted by Gasteiger charge is 2.41. The van der Waals surface area contributed by atoms with E-state index in [-0.39, 0.29) is 40.0 Å². The van der Waals surface area contributed by atoms with Crippen molar-refractivity contribution in [1.29, 1.82) is 0 Å². The Hall–Kier alpha value is -3.75. The molecule has 2 aliphatic heterocycles. The van der Waals surface area contributed by atoms with Gasteiger partial charge in [-0.1, -0.05) is 35.3 Å². The number of carbonyl (C=O) groups excluding carboxylic acids is 2. The highest BCUT2D eigenvalue weighted by molar-refractivity contribution is 7.89.